The molecule has 4 atom stereocenters. The third-order valence-electron chi connectivity index (χ3n) is 8.85. The number of nitrogens with zero attached hydrogens (tertiary/aromatic N) is 1. The van der Waals surface area contributed by atoms with Gasteiger partial charge in [-0.25, -0.2) is 9.78 Å². The van der Waals surface area contributed by atoms with Crippen LogP contribution in [0.4, 0.5) is 0 Å². The molecule has 0 bridgehead atoms. The molecule has 23 nitrogen and oxygen atoms in total. The number of nitrogens with one attached hydrogen (secondary N) is 9. The van der Waals surface area contributed by atoms with Crippen LogP contribution in [0.25, 0.3) is 10.9 Å². The van der Waals surface area contributed by atoms with Gasteiger partial charge < -0.3 is 68.2 Å². The van der Waals surface area contributed by atoms with Gasteiger partial charge in [-0.3, -0.25) is 38.4 Å². The lowest BCUT2D eigenvalue weighted by atomic mass is 10.0. The van der Waals surface area contributed by atoms with Crippen molar-refractivity contribution in [2.75, 3.05) is 26.2 Å². The van der Waals surface area contributed by atoms with Gasteiger partial charge >= 0.3 is 11.9 Å². The summed E-state index contributed by atoms with van der Waals surface area (Å²) in [6.07, 6.45) is 3.24. The summed E-state index contributed by atoms with van der Waals surface area (Å²) in [7, 11) is 0. The molecule has 0 saturated heterocycles. The molecule has 23 heteroatoms. The predicted octanol–water partition coefficient (Wildman–Crippen LogP) is -3.57. The largest absolute Gasteiger partial charge is 0.508 e. The minimum Gasteiger partial charge on any atom is -0.508 e. The Bertz CT molecular complexity index is 2210. The van der Waals surface area contributed by atoms with Crippen LogP contribution < -0.4 is 43.0 Å². The lowest BCUT2D eigenvalue weighted by Crippen LogP contribution is -2.57. The number of amides is 7. The van der Waals surface area contributed by atoms with Crippen LogP contribution in [0.15, 0.2) is 67.3 Å². The van der Waals surface area contributed by atoms with E-state index in [2.05, 4.69) is 52.2 Å². The molecule has 0 unspecified atom stereocenters. The first kappa shape index (κ1) is 45.9. The van der Waals surface area contributed by atoms with E-state index in [1.165, 1.54) is 36.8 Å². The first-order chi connectivity index (χ1) is 29.1. The van der Waals surface area contributed by atoms with Crippen molar-refractivity contribution in [2.24, 2.45) is 5.73 Å². The van der Waals surface area contributed by atoms with Crippen molar-refractivity contribution in [2.45, 2.75) is 49.9 Å². The molecule has 2 aromatic carbocycles. The van der Waals surface area contributed by atoms with Gasteiger partial charge in [0.25, 0.3) is 0 Å². The monoisotopic (exact) mass is 847 g/mol. The molecule has 7 amide bonds. The van der Waals surface area contributed by atoms with Crippen molar-refractivity contribution in [3.05, 3.63) is 84.1 Å². The summed E-state index contributed by atoms with van der Waals surface area (Å²) in [5.74, 6) is -8.97. The Hall–Kier alpha value is -7.82. The van der Waals surface area contributed by atoms with Crippen molar-refractivity contribution in [3.8, 4) is 5.75 Å². The van der Waals surface area contributed by atoms with Crippen LogP contribution in [0, 0.1) is 0 Å². The fourth-order valence-electron chi connectivity index (χ4n) is 5.72. The number of hydrogen-bond donors (Lipinski definition) is 13. The molecular formula is C38H45N11O12. The second kappa shape index (κ2) is 22.4. The zero-order chi connectivity index (χ0) is 44.5. The summed E-state index contributed by atoms with van der Waals surface area (Å²) < 4.78 is 0. The highest BCUT2D eigenvalue weighted by molar-refractivity contribution is 5.96. The lowest BCUT2D eigenvalue weighted by Gasteiger charge is -2.24. The first-order valence-corrected chi connectivity index (χ1v) is 18.6. The average Bonchev–Trinajstić information content (AvgIpc) is 3.90. The number of aromatic amines is 2. The number of imidazole rings is 1. The lowest BCUT2D eigenvalue weighted by molar-refractivity contribution is -0.147. The van der Waals surface area contributed by atoms with E-state index >= 15 is 0 Å². The smallest absolute Gasteiger partial charge is 0.326 e. The predicted molar refractivity (Wildman–Crippen MR) is 212 cm³/mol. The van der Waals surface area contributed by atoms with E-state index < -0.39 is 110 Å². The van der Waals surface area contributed by atoms with E-state index in [0.717, 1.165) is 16.5 Å². The number of hydrogen-bond acceptors (Lipinski definition) is 12. The summed E-state index contributed by atoms with van der Waals surface area (Å²) in [5, 5.41) is 45.3. The van der Waals surface area contributed by atoms with Gasteiger partial charge in [0.05, 0.1) is 45.0 Å². The number of fused-ring (bicyclic) bond motifs is 1. The second-order valence-electron chi connectivity index (χ2n) is 13.5. The molecule has 4 aromatic rings. The molecule has 4 rings (SSSR count). The minimum atomic E-state index is -1.84. The number of benzene rings is 2. The highest BCUT2D eigenvalue weighted by Crippen LogP contribution is 2.19. The number of nitrogens with two attached hydrogens (primary N) is 1. The highest BCUT2D eigenvalue weighted by atomic mass is 16.4. The number of carbonyl (C=O) groups excluding carboxylic acids is 7. The molecule has 14 N–H and O–H groups in total. The Labute approximate surface area is 346 Å². The van der Waals surface area contributed by atoms with Crippen LogP contribution in [-0.2, 0) is 62.4 Å². The number of aromatic hydroxyl groups is 1. The fraction of sp³-hybridized carbons (Fsp3) is 0.316. The second-order valence-corrected chi connectivity index (χ2v) is 13.5. The van der Waals surface area contributed by atoms with E-state index in [0.29, 0.717) is 11.3 Å². The number of phenols is 1. The number of rotatable bonds is 23. The van der Waals surface area contributed by atoms with Crippen LogP contribution in [-0.4, -0.2) is 134 Å². The number of aliphatic carboxylic acids is 2. The van der Waals surface area contributed by atoms with Crippen molar-refractivity contribution in [1.29, 1.82) is 0 Å². The van der Waals surface area contributed by atoms with Crippen molar-refractivity contribution in [3.63, 3.8) is 0 Å². The van der Waals surface area contributed by atoms with Crippen molar-refractivity contribution in [1.82, 2.24) is 52.2 Å². The molecule has 0 aliphatic heterocycles. The van der Waals surface area contributed by atoms with Gasteiger partial charge in [-0.2, -0.15) is 0 Å². The summed E-state index contributed by atoms with van der Waals surface area (Å²) >= 11 is 0. The van der Waals surface area contributed by atoms with Gasteiger partial charge in [0, 0.05) is 41.8 Å². The van der Waals surface area contributed by atoms with Crippen LogP contribution in [0.2, 0.25) is 0 Å². The van der Waals surface area contributed by atoms with Gasteiger partial charge in [-0.1, -0.05) is 30.3 Å². The molecular weight excluding hydrogens is 802 g/mol. The van der Waals surface area contributed by atoms with Gasteiger partial charge in [-0.05, 0) is 35.7 Å². The Morgan fingerprint density at radius 2 is 1.21 bits per heavy atom. The Balaban J connectivity index is 1.24. The maximum Gasteiger partial charge on any atom is 0.326 e. The van der Waals surface area contributed by atoms with Crippen LogP contribution in [0.5, 0.6) is 5.75 Å². The maximum absolute atomic E-state index is 13.6. The van der Waals surface area contributed by atoms with E-state index in [-0.39, 0.29) is 25.0 Å². The van der Waals surface area contributed by atoms with Crippen molar-refractivity contribution < 1.29 is 58.5 Å². The van der Waals surface area contributed by atoms with Gasteiger partial charge in [-0.15, -0.1) is 0 Å². The fourth-order valence-corrected chi connectivity index (χ4v) is 5.72. The number of H-pyrrole nitrogens is 2. The molecule has 2 heterocycles. The first-order valence-electron chi connectivity index (χ1n) is 18.6. The Morgan fingerprint density at radius 3 is 1.80 bits per heavy atom. The summed E-state index contributed by atoms with van der Waals surface area (Å²) in [6, 6.07) is 7.29. The van der Waals surface area contributed by atoms with Gasteiger partial charge in [0.2, 0.25) is 41.4 Å². The minimum absolute atomic E-state index is 0.0964. The number of carbonyl (C=O) groups is 9. The standard InChI is InChI=1S/C38H45N11O12/c39-25(10-21-13-41-26-4-2-1-3-24(21)26)35(57)45-17-32(53)43-15-30(51)42-16-31(52)44-18-33(54)47-28(11-22-14-40-19-46-22)37(59)48-27(9-20-5-7-23(50)8-6-20)36(58)49-29(38(60)61)12-34(55)56/h1-8,13-14,19,25,27-29,41,50H,9-12,15-18,39H2,(H,40,46)(H,42,51)(H,43,53)(H,44,52)(H,45,57)(H,47,54)(H,48,59)(H,49,58)(H,55,56)(H,60,61)/t25-,27-,28-,29-/m0/s1. The topological polar surface area (TPSA) is 369 Å². The van der Waals surface area contributed by atoms with Crippen LogP contribution in [0.3, 0.4) is 0 Å². The van der Waals surface area contributed by atoms with Crippen LogP contribution >= 0.6 is 0 Å². The van der Waals surface area contributed by atoms with E-state index in [1.807, 2.05) is 24.3 Å². The number of carboxylic acids is 2. The zero-order valence-electron chi connectivity index (χ0n) is 32.4. The Kier molecular flexibility index (Phi) is 16.8. The molecule has 61 heavy (non-hydrogen) atoms. The number of carboxylic acid groups (broad SMARTS) is 2. The molecule has 0 aliphatic carbocycles. The molecule has 0 fully saturated rings. The number of aromatic nitrogens is 3. The molecule has 0 radical (unpaired) electrons. The summed E-state index contributed by atoms with van der Waals surface area (Å²) in [4.78, 5) is 122. The Morgan fingerprint density at radius 1 is 0.639 bits per heavy atom. The van der Waals surface area contributed by atoms with E-state index in [4.69, 9.17) is 10.8 Å². The third kappa shape index (κ3) is 15.1. The summed E-state index contributed by atoms with van der Waals surface area (Å²) in [6.45, 7) is -2.29. The third-order valence-corrected chi connectivity index (χ3v) is 8.85. The molecule has 0 saturated carbocycles. The molecule has 0 aliphatic rings. The zero-order valence-corrected chi connectivity index (χ0v) is 32.4. The molecule has 324 valence electrons. The van der Waals surface area contributed by atoms with Crippen LogP contribution in [0.1, 0.15) is 23.2 Å². The summed E-state index contributed by atoms with van der Waals surface area (Å²) in [5.41, 5.74) is 8.52. The van der Waals surface area contributed by atoms with Gasteiger partial charge in [0.1, 0.15) is 23.9 Å². The normalized spacial score (nSPS) is 12.7. The quantitative estimate of drug-likeness (QED) is 0.0344. The molecule has 2 aromatic heterocycles. The number of phenolic OH excluding ortho intramolecular Hbond substituents is 1. The maximum atomic E-state index is 13.6. The average molecular weight is 848 g/mol. The van der Waals surface area contributed by atoms with Gasteiger partial charge in [0.15, 0.2) is 0 Å². The molecule has 0 spiro atoms. The SMILES string of the molecule is N[C@@H](Cc1c[nH]c2ccccc12)C(=O)NCC(=O)NCC(=O)NCC(=O)NCC(=O)N[C@@H](Cc1cnc[nH]1)C(=O)N[C@@H](Cc1ccc(O)cc1)C(=O)N[C@@H](CC(=O)O)C(=O)O. The van der Waals surface area contributed by atoms with Crippen molar-refractivity contribution >= 4 is 64.2 Å². The number of para-hydroxylation sites is 1. The van der Waals surface area contributed by atoms with E-state index in [9.17, 15) is 53.4 Å². The van der Waals surface area contributed by atoms with E-state index in [1.54, 1.807) is 6.20 Å². The highest BCUT2D eigenvalue weighted by Gasteiger charge is 2.31.